The molecule has 0 saturated heterocycles. The molecule has 2 aromatic carbocycles. The van der Waals surface area contributed by atoms with Crippen LogP contribution in [0.5, 0.6) is 17.2 Å². The van der Waals surface area contributed by atoms with Crippen LogP contribution in [0, 0.1) is 6.92 Å². The molecular formula is C19H24N2O6S. The molecule has 0 aromatic heterocycles. The van der Waals surface area contributed by atoms with E-state index in [4.69, 9.17) is 14.2 Å². The molecular weight excluding hydrogens is 384 g/mol. The van der Waals surface area contributed by atoms with Crippen molar-refractivity contribution in [2.75, 3.05) is 43.8 Å². The van der Waals surface area contributed by atoms with Crippen molar-refractivity contribution >= 4 is 27.3 Å². The van der Waals surface area contributed by atoms with Crippen molar-refractivity contribution in [3.8, 4) is 17.2 Å². The van der Waals surface area contributed by atoms with Crippen LogP contribution in [0.3, 0.4) is 0 Å². The Morgan fingerprint density at radius 1 is 0.964 bits per heavy atom. The normalized spacial score (nSPS) is 10.9. The van der Waals surface area contributed by atoms with Crippen molar-refractivity contribution in [3.05, 3.63) is 42.0 Å². The van der Waals surface area contributed by atoms with Gasteiger partial charge in [0.2, 0.25) is 15.9 Å². The van der Waals surface area contributed by atoms with E-state index in [9.17, 15) is 13.2 Å². The molecule has 2 rings (SSSR count). The summed E-state index contributed by atoms with van der Waals surface area (Å²) in [5, 5.41) is 2.70. The van der Waals surface area contributed by atoms with E-state index in [1.165, 1.54) is 27.4 Å². The molecule has 2 aromatic rings. The largest absolute Gasteiger partial charge is 0.495 e. The third-order valence-electron chi connectivity index (χ3n) is 3.97. The number of rotatable bonds is 8. The minimum atomic E-state index is -3.73. The molecule has 0 fully saturated rings. The first-order valence-electron chi connectivity index (χ1n) is 8.33. The van der Waals surface area contributed by atoms with E-state index in [2.05, 4.69) is 5.32 Å². The van der Waals surface area contributed by atoms with Crippen molar-refractivity contribution < 1.29 is 27.4 Å². The van der Waals surface area contributed by atoms with E-state index >= 15 is 0 Å². The summed E-state index contributed by atoms with van der Waals surface area (Å²) in [5.74, 6) is 0.781. The fourth-order valence-corrected chi connectivity index (χ4v) is 3.47. The zero-order chi connectivity index (χ0) is 20.9. The average molecular weight is 408 g/mol. The van der Waals surface area contributed by atoms with Gasteiger partial charge in [0, 0.05) is 6.07 Å². The maximum absolute atomic E-state index is 12.6. The second-order valence-electron chi connectivity index (χ2n) is 6.06. The number of hydrogen-bond acceptors (Lipinski definition) is 6. The van der Waals surface area contributed by atoms with Gasteiger partial charge in [0.15, 0.2) is 11.5 Å². The van der Waals surface area contributed by atoms with E-state index in [0.717, 1.165) is 16.1 Å². The molecule has 9 heteroatoms. The number of hydrogen-bond donors (Lipinski definition) is 1. The second kappa shape index (κ2) is 8.83. The Kier molecular flexibility index (Phi) is 6.74. The molecule has 0 bridgehead atoms. The molecule has 0 aliphatic carbocycles. The lowest BCUT2D eigenvalue weighted by atomic mass is 10.2. The lowest BCUT2D eigenvalue weighted by molar-refractivity contribution is -0.114. The number of ether oxygens (including phenoxy) is 3. The highest BCUT2D eigenvalue weighted by Gasteiger charge is 2.23. The Bertz CT molecular complexity index is 959. The smallest absolute Gasteiger partial charge is 0.245 e. The summed E-state index contributed by atoms with van der Waals surface area (Å²) in [7, 11) is 0.692. The molecule has 0 aliphatic rings. The lowest BCUT2D eigenvalue weighted by Gasteiger charge is -2.23. The molecule has 0 aliphatic heterocycles. The van der Waals surface area contributed by atoms with Gasteiger partial charge in [0.25, 0.3) is 0 Å². The van der Waals surface area contributed by atoms with Gasteiger partial charge in [-0.1, -0.05) is 6.07 Å². The number of carbonyl (C=O) groups excluding carboxylic acids is 1. The number of sulfonamides is 1. The van der Waals surface area contributed by atoms with Crippen molar-refractivity contribution in [2.45, 2.75) is 6.92 Å². The monoisotopic (exact) mass is 408 g/mol. The highest BCUT2D eigenvalue weighted by atomic mass is 32.2. The quantitative estimate of drug-likeness (QED) is 0.721. The number of benzene rings is 2. The van der Waals surface area contributed by atoms with Gasteiger partial charge >= 0.3 is 0 Å². The summed E-state index contributed by atoms with van der Waals surface area (Å²) in [6, 6.07) is 9.95. The van der Waals surface area contributed by atoms with Crippen LogP contribution >= 0.6 is 0 Å². The number of anilines is 2. The fourth-order valence-electron chi connectivity index (χ4n) is 2.62. The highest BCUT2D eigenvalue weighted by Crippen LogP contribution is 2.32. The molecule has 0 heterocycles. The molecule has 0 atom stereocenters. The van der Waals surface area contributed by atoms with E-state index < -0.39 is 22.5 Å². The molecule has 0 spiro atoms. The topological polar surface area (TPSA) is 94.2 Å². The summed E-state index contributed by atoms with van der Waals surface area (Å²) in [5.41, 5.74) is 1.68. The third-order valence-corrected chi connectivity index (χ3v) is 5.11. The molecule has 1 amide bonds. The van der Waals surface area contributed by atoms with Crippen molar-refractivity contribution in [1.29, 1.82) is 0 Å². The van der Waals surface area contributed by atoms with Crippen LogP contribution in [-0.4, -0.2) is 48.5 Å². The SMILES string of the molecule is COc1ccc(C)cc1NC(=O)CN(c1ccc(OC)c(OC)c1)S(C)(=O)=O. The summed E-state index contributed by atoms with van der Waals surface area (Å²) >= 11 is 0. The van der Waals surface area contributed by atoms with Crippen LogP contribution in [0.4, 0.5) is 11.4 Å². The Labute approximate surface area is 165 Å². The summed E-state index contributed by atoms with van der Waals surface area (Å²) in [6.07, 6.45) is 1.03. The van der Waals surface area contributed by atoms with Gasteiger partial charge in [-0.3, -0.25) is 9.10 Å². The van der Waals surface area contributed by atoms with Crippen molar-refractivity contribution in [1.82, 2.24) is 0 Å². The van der Waals surface area contributed by atoms with E-state index in [1.54, 1.807) is 24.3 Å². The average Bonchev–Trinajstić information content (AvgIpc) is 2.65. The predicted molar refractivity (Wildman–Crippen MR) is 108 cm³/mol. The van der Waals surface area contributed by atoms with Crippen LogP contribution in [0.1, 0.15) is 5.56 Å². The van der Waals surface area contributed by atoms with Gasteiger partial charge in [0.05, 0.1) is 39.0 Å². The van der Waals surface area contributed by atoms with Crippen LogP contribution in [0.15, 0.2) is 36.4 Å². The molecule has 0 unspecified atom stereocenters. The van der Waals surface area contributed by atoms with Crippen LogP contribution < -0.4 is 23.8 Å². The second-order valence-corrected chi connectivity index (χ2v) is 7.97. The molecule has 0 radical (unpaired) electrons. The summed E-state index contributed by atoms with van der Waals surface area (Å²) < 4.78 is 41.2. The predicted octanol–water partition coefficient (Wildman–Crippen LogP) is 2.43. The molecule has 0 saturated carbocycles. The molecule has 28 heavy (non-hydrogen) atoms. The summed E-state index contributed by atoms with van der Waals surface area (Å²) in [4.78, 5) is 12.6. The summed E-state index contributed by atoms with van der Waals surface area (Å²) in [6.45, 7) is 1.47. The lowest BCUT2D eigenvalue weighted by Crippen LogP contribution is -2.37. The minimum Gasteiger partial charge on any atom is -0.495 e. The Morgan fingerprint density at radius 2 is 1.57 bits per heavy atom. The number of carbonyl (C=O) groups is 1. The maximum atomic E-state index is 12.6. The van der Waals surface area contributed by atoms with Gasteiger partial charge in [-0.15, -0.1) is 0 Å². The Morgan fingerprint density at radius 3 is 2.14 bits per heavy atom. The number of amides is 1. The number of aryl methyl sites for hydroxylation is 1. The Hall–Kier alpha value is -2.94. The van der Waals surface area contributed by atoms with Crippen LogP contribution in [0.25, 0.3) is 0 Å². The van der Waals surface area contributed by atoms with Gasteiger partial charge in [-0.2, -0.15) is 0 Å². The third kappa shape index (κ3) is 5.07. The molecule has 1 N–H and O–H groups in total. The fraction of sp³-hybridized carbons (Fsp3) is 0.316. The standard InChI is InChI=1S/C19H24N2O6S/c1-13-6-8-16(25-2)15(10-13)20-19(22)12-21(28(5,23)24)14-7-9-17(26-3)18(11-14)27-4/h6-11H,12H2,1-5H3,(H,20,22). The van der Waals surface area contributed by atoms with E-state index in [0.29, 0.717) is 22.9 Å². The van der Waals surface area contributed by atoms with Gasteiger partial charge < -0.3 is 19.5 Å². The molecule has 152 valence electrons. The zero-order valence-corrected chi connectivity index (χ0v) is 17.3. The van der Waals surface area contributed by atoms with Crippen molar-refractivity contribution in [3.63, 3.8) is 0 Å². The van der Waals surface area contributed by atoms with Gasteiger partial charge in [0.1, 0.15) is 12.3 Å². The first kappa shape index (κ1) is 21.4. The van der Waals surface area contributed by atoms with Gasteiger partial charge in [-0.25, -0.2) is 8.42 Å². The minimum absolute atomic E-state index is 0.284. The molecule has 8 nitrogen and oxygen atoms in total. The first-order valence-corrected chi connectivity index (χ1v) is 10.2. The van der Waals surface area contributed by atoms with Crippen molar-refractivity contribution in [2.24, 2.45) is 0 Å². The Balaban J connectivity index is 2.31. The van der Waals surface area contributed by atoms with Gasteiger partial charge in [-0.05, 0) is 36.8 Å². The first-order chi connectivity index (χ1) is 13.2. The number of nitrogens with one attached hydrogen (secondary N) is 1. The van der Waals surface area contributed by atoms with E-state index in [-0.39, 0.29) is 5.69 Å². The highest BCUT2D eigenvalue weighted by molar-refractivity contribution is 7.92. The van der Waals surface area contributed by atoms with Crippen LogP contribution in [0.2, 0.25) is 0 Å². The maximum Gasteiger partial charge on any atom is 0.245 e. The zero-order valence-electron chi connectivity index (χ0n) is 16.5. The number of methoxy groups -OCH3 is 3. The number of nitrogens with zero attached hydrogens (tertiary/aromatic N) is 1. The van der Waals surface area contributed by atoms with Crippen LogP contribution in [-0.2, 0) is 14.8 Å². The van der Waals surface area contributed by atoms with E-state index in [1.807, 2.05) is 13.0 Å².